The van der Waals surface area contributed by atoms with E-state index in [1.165, 1.54) is 17.0 Å². The van der Waals surface area contributed by atoms with E-state index >= 15 is 0 Å². The van der Waals surface area contributed by atoms with Crippen LogP contribution in [0.5, 0.6) is 0 Å². The van der Waals surface area contributed by atoms with Gasteiger partial charge < -0.3 is 15.1 Å². The molecular weight excluding hydrogens is 386 g/mol. The van der Waals surface area contributed by atoms with Crippen molar-refractivity contribution in [3.05, 3.63) is 35.8 Å². The molecule has 0 saturated carbocycles. The minimum absolute atomic E-state index is 0.0546. The summed E-state index contributed by atoms with van der Waals surface area (Å²) in [5.74, 6) is -7.38. The number of carbonyl (C=O) groups is 2. The number of halogens is 6. The van der Waals surface area contributed by atoms with Crippen molar-refractivity contribution in [3.63, 3.8) is 0 Å². The number of aromatic carboxylic acids is 1. The number of rotatable bonds is 2. The summed E-state index contributed by atoms with van der Waals surface area (Å²) in [5.41, 5.74) is 0.362. The van der Waals surface area contributed by atoms with E-state index in [0.29, 0.717) is 10.9 Å². The van der Waals surface area contributed by atoms with E-state index in [9.17, 15) is 31.1 Å². The summed E-state index contributed by atoms with van der Waals surface area (Å²) < 4.78 is 71.3. The third-order valence-corrected chi connectivity index (χ3v) is 3.42. The van der Waals surface area contributed by atoms with Gasteiger partial charge in [-0.3, -0.25) is 4.98 Å². The Morgan fingerprint density at radius 1 is 1.11 bits per heavy atom. The Kier molecular flexibility index (Phi) is 5.20. The molecule has 1 aromatic carbocycles. The molecule has 2 N–H and O–H groups in total. The van der Waals surface area contributed by atoms with E-state index in [-0.39, 0.29) is 11.3 Å². The highest BCUT2D eigenvalue weighted by Crippen LogP contribution is 2.34. The van der Waals surface area contributed by atoms with Crippen molar-refractivity contribution in [2.45, 2.75) is 12.1 Å². The van der Waals surface area contributed by atoms with Crippen molar-refractivity contribution in [1.82, 2.24) is 4.98 Å². The van der Waals surface area contributed by atoms with Crippen molar-refractivity contribution in [2.24, 2.45) is 0 Å². The van der Waals surface area contributed by atoms with Crippen LogP contribution >= 0.6 is 0 Å². The second kappa shape index (κ2) is 6.93. The summed E-state index contributed by atoms with van der Waals surface area (Å²) in [4.78, 5) is 24.8. The average molecular weight is 396 g/mol. The lowest BCUT2D eigenvalue weighted by Crippen LogP contribution is -2.56. The minimum atomic E-state index is -5.08. The van der Waals surface area contributed by atoms with Gasteiger partial charge in [0, 0.05) is 11.6 Å². The Hall–Kier alpha value is -3.05. The zero-order valence-electron chi connectivity index (χ0n) is 13.1. The van der Waals surface area contributed by atoms with Gasteiger partial charge in [0.25, 0.3) is 5.92 Å². The first-order chi connectivity index (χ1) is 12.3. The van der Waals surface area contributed by atoms with Gasteiger partial charge in [-0.1, -0.05) is 0 Å². The molecule has 2 heterocycles. The Balaban J connectivity index is 0.000000321. The van der Waals surface area contributed by atoms with Gasteiger partial charge in [0.15, 0.2) is 0 Å². The van der Waals surface area contributed by atoms with Crippen LogP contribution < -0.4 is 4.90 Å². The SMILES string of the molecule is O=C(O)C(F)(F)F.O=C(O)c1cnc2cc(N3CC(F)(F)C3)c(F)cc2c1. The molecule has 146 valence electrons. The van der Waals surface area contributed by atoms with Crippen molar-refractivity contribution in [2.75, 3.05) is 18.0 Å². The van der Waals surface area contributed by atoms with Gasteiger partial charge in [0.1, 0.15) is 5.82 Å². The maximum Gasteiger partial charge on any atom is 0.490 e. The minimum Gasteiger partial charge on any atom is -0.478 e. The lowest BCUT2D eigenvalue weighted by Gasteiger charge is -2.40. The summed E-state index contributed by atoms with van der Waals surface area (Å²) in [5, 5.41) is 16.3. The molecule has 1 fully saturated rings. The van der Waals surface area contributed by atoms with Crippen LogP contribution in [0.4, 0.5) is 32.0 Å². The van der Waals surface area contributed by atoms with Gasteiger partial charge in [-0.2, -0.15) is 13.2 Å². The van der Waals surface area contributed by atoms with E-state index < -0.39 is 42.9 Å². The van der Waals surface area contributed by atoms with Crippen molar-refractivity contribution in [1.29, 1.82) is 0 Å². The quantitative estimate of drug-likeness (QED) is 0.758. The fraction of sp³-hybridized carbons (Fsp3) is 0.267. The van der Waals surface area contributed by atoms with E-state index in [1.54, 1.807) is 0 Å². The summed E-state index contributed by atoms with van der Waals surface area (Å²) >= 11 is 0. The molecule has 0 radical (unpaired) electrons. The van der Waals surface area contributed by atoms with E-state index in [2.05, 4.69) is 4.98 Å². The topological polar surface area (TPSA) is 90.7 Å². The zero-order chi connectivity index (χ0) is 20.6. The van der Waals surface area contributed by atoms with Gasteiger partial charge in [-0.25, -0.2) is 22.8 Å². The molecule has 27 heavy (non-hydrogen) atoms. The largest absolute Gasteiger partial charge is 0.490 e. The lowest BCUT2D eigenvalue weighted by atomic mass is 10.1. The molecule has 2 aromatic rings. The number of fused-ring (bicyclic) bond motifs is 1. The van der Waals surface area contributed by atoms with Crippen LogP contribution in [0.1, 0.15) is 10.4 Å². The molecular formula is C15H10F6N2O4. The summed E-state index contributed by atoms with van der Waals surface area (Å²) in [7, 11) is 0. The molecule has 1 saturated heterocycles. The third-order valence-electron chi connectivity index (χ3n) is 3.42. The van der Waals surface area contributed by atoms with Crippen LogP contribution in [0, 0.1) is 5.82 Å². The van der Waals surface area contributed by atoms with Gasteiger partial charge in [0.2, 0.25) is 0 Å². The molecule has 1 aromatic heterocycles. The summed E-state index contributed by atoms with van der Waals surface area (Å²) in [6, 6.07) is 3.76. The number of aromatic nitrogens is 1. The molecule has 3 rings (SSSR count). The molecule has 1 aliphatic rings. The lowest BCUT2D eigenvalue weighted by molar-refractivity contribution is -0.192. The highest BCUT2D eigenvalue weighted by Gasteiger charge is 2.44. The van der Waals surface area contributed by atoms with Gasteiger partial charge in [-0.15, -0.1) is 0 Å². The number of hydrogen-bond donors (Lipinski definition) is 2. The van der Waals surface area contributed by atoms with Crippen molar-refractivity contribution >= 4 is 28.5 Å². The van der Waals surface area contributed by atoms with Crippen LogP contribution in [0.15, 0.2) is 24.4 Å². The number of anilines is 1. The Morgan fingerprint density at radius 3 is 2.11 bits per heavy atom. The Morgan fingerprint density at radius 2 is 1.67 bits per heavy atom. The third kappa shape index (κ3) is 4.77. The first kappa shape index (κ1) is 20.3. The predicted molar refractivity (Wildman–Crippen MR) is 79.5 cm³/mol. The maximum atomic E-state index is 13.9. The summed E-state index contributed by atoms with van der Waals surface area (Å²) in [6.45, 7) is -1.05. The van der Waals surface area contributed by atoms with E-state index in [0.717, 1.165) is 12.3 Å². The van der Waals surface area contributed by atoms with Crippen LogP contribution in [0.25, 0.3) is 10.9 Å². The fourth-order valence-corrected chi connectivity index (χ4v) is 2.18. The van der Waals surface area contributed by atoms with E-state index in [1.807, 2.05) is 0 Å². The molecule has 0 aliphatic carbocycles. The number of benzene rings is 1. The second-order valence-electron chi connectivity index (χ2n) is 5.54. The number of alkyl halides is 5. The van der Waals surface area contributed by atoms with Crippen LogP contribution in [-0.4, -0.2) is 52.3 Å². The second-order valence-corrected chi connectivity index (χ2v) is 5.54. The predicted octanol–water partition coefficient (Wildman–Crippen LogP) is 3.16. The molecule has 0 spiro atoms. The molecule has 6 nitrogen and oxygen atoms in total. The monoisotopic (exact) mass is 396 g/mol. The number of nitrogens with zero attached hydrogens (tertiary/aromatic N) is 2. The highest BCUT2D eigenvalue weighted by atomic mass is 19.4. The van der Waals surface area contributed by atoms with Crippen LogP contribution in [0.2, 0.25) is 0 Å². The average Bonchev–Trinajstić information content (AvgIpc) is 2.51. The number of hydrogen-bond acceptors (Lipinski definition) is 4. The molecule has 0 amide bonds. The standard InChI is InChI=1S/C13H9F3N2O2.C2HF3O2/c14-9-2-7-1-8(12(19)20)4-17-10(7)3-11(9)18-5-13(15,16)6-18;3-2(4,5)1(6)7/h1-4H,5-6H2,(H,19,20);(H,6,7). The first-order valence-corrected chi connectivity index (χ1v) is 7.06. The molecule has 12 heteroatoms. The molecule has 0 unspecified atom stereocenters. The van der Waals surface area contributed by atoms with Gasteiger partial charge >= 0.3 is 18.1 Å². The normalized spacial score (nSPS) is 15.6. The molecule has 0 bridgehead atoms. The Labute approximate surface area is 146 Å². The van der Waals surface area contributed by atoms with Gasteiger partial charge in [-0.05, 0) is 18.2 Å². The summed E-state index contributed by atoms with van der Waals surface area (Å²) in [6.07, 6.45) is -3.93. The molecule has 0 atom stereocenters. The van der Waals surface area contributed by atoms with E-state index in [4.69, 9.17) is 15.0 Å². The number of aliphatic carboxylic acids is 1. The number of pyridine rings is 1. The highest BCUT2D eigenvalue weighted by molar-refractivity contribution is 5.93. The van der Waals surface area contributed by atoms with Crippen LogP contribution in [-0.2, 0) is 4.79 Å². The fourth-order valence-electron chi connectivity index (χ4n) is 2.18. The number of carboxylic acid groups (broad SMARTS) is 2. The van der Waals surface area contributed by atoms with Crippen molar-refractivity contribution < 1.29 is 46.1 Å². The zero-order valence-corrected chi connectivity index (χ0v) is 13.1. The van der Waals surface area contributed by atoms with Crippen LogP contribution in [0.3, 0.4) is 0 Å². The molecule has 1 aliphatic heterocycles. The smallest absolute Gasteiger partial charge is 0.478 e. The maximum absolute atomic E-state index is 13.9. The van der Waals surface area contributed by atoms with Crippen molar-refractivity contribution in [3.8, 4) is 0 Å². The first-order valence-electron chi connectivity index (χ1n) is 7.06. The number of carboxylic acids is 2. The van der Waals surface area contributed by atoms with Gasteiger partial charge in [0.05, 0.1) is 29.9 Å². The Bertz CT molecular complexity index is 892.